The molecule has 3 atom stereocenters. The summed E-state index contributed by atoms with van der Waals surface area (Å²) in [4.78, 5) is 60.0. The Morgan fingerprint density at radius 1 is 0.882 bits per heavy atom. The number of carboxylic acid groups (broad SMARTS) is 1. The molecular weight excluding hydrogens is 658 g/mol. The van der Waals surface area contributed by atoms with E-state index in [1.165, 1.54) is 0 Å². The first-order valence-electron chi connectivity index (χ1n) is 16.7. The number of hydrogen-bond donors (Lipinski definition) is 2. The number of benzene rings is 4. The van der Waals surface area contributed by atoms with Gasteiger partial charge in [-0.3, -0.25) is 19.5 Å². The standard InChI is InChI=1S/C39H36F2N4O6/c40-29-16-9-17-30(41)34(29)28(23-33(46)45-21-22-51-39(45)50)36(38(48)49)43-35(26-13-5-2-6-14-26)27-15-7-8-18-31(27)42-37(47)32-19-10-20-44(32)24-25-11-3-1-4-12-25/h1-9,11-18,28,32,36H,10,19-24H2,(H,42,47)(H,48,49)/t28-,32-,36+/m0/s1. The first kappa shape index (κ1) is 35.1. The molecule has 6 rings (SSSR count). The molecule has 2 heterocycles. The molecule has 0 bridgehead atoms. The van der Waals surface area contributed by atoms with Gasteiger partial charge < -0.3 is 15.2 Å². The molecule has 0 saturated carbocycles. The summed E-state index contributed by atoms with van der Waals surface area (Å²) < 4.78 is 35.6. The molecule has 0 unspecified atom stereocenters. The van der Waals surface area contributed by atoms with Crippen LogP contribution in [0.4, 0.5) is 19.3 Å². The number of likely N-dealkylation sites (tertiary alicyclic amines) is 1. The van der Waals surface area contributed by atoms with Crippen LogP contribution in [0.1, 0.15) is 47.4 Å². The Kier molecular flexibility index (Phi) is 10.9. The number of imide groups is 1. The van der Waals surface area contributed by atoms with Gasteiger partial charge in [-0.25, -0.2) is 23.3 Å². The highest BCUT2D eigenvalue weighted by molar-refractivity contribution is 6.18. The number of cyclic esters (lactones) is 1. The Bertz CT molecular complexity index is 1920. The highest BCUT2D eigenvalue weighted by Crippen LogP contribution is 2.34. The number of anilines is 1. The average Bonchev–Trinajstić information content (AvgIpc) is 3.78. The van der Waals surface area contributed by atoms with Crippen molar-refractivity contribution in [2.75, 3.05) is 25.0 Å². The van der Waals surface area contributed by atoms with Crippen LogP contribution in [0.3, 0.4) is 0 Å². The molecule has 0 aromatic heterocycles. The van der Waals surface area contributed by atoms with E-state index >= 15 is 8.78 Å². The fraction of sp³-hybridized carbons (Fsp3) is 0.256. The van der Waals surface area contributed by atoms with Crippen molar-refractivity contribution in [3.05, 3.63) is 137 Å². The van der Waals surface area contributed by atoms with Gasteiger partial charge in [-0.2, -0.15) is 0 Å². The largest absolute Gasteiger partial charge is 0.480 e. The van der Waals surface area contributed by atoms with Crippen LogP contribution in [0.15, 0.2) is 108 Å². The van der Waals surface area contributed by atoms with Gasteiger partial charge in [0.15, 0.2) is 6.04 Å². The predicted molar refractivity (Wildman–Crippen MR) is 185 cm³/mol. The minimum Gasteiger partial charge on any atom is -0.480 e. The Balaban J connectivity index is 1.40. The van der Waals surface area contributed by atoms with Gasteiger partial charge in [0.05, 0.1) is 24.0 Å². The summed E-state index contributed by atoms with van der Waals surface area (Å²) in [6.45, 7) is 1.19. The normalized spacial score (nSPS) is 17.5. The number of aliphatic carboxylic acids is 1. The summed E-state index contributed by atoms with van der Waals surface area (Å²) in [6, 6.07) is 25.9. The molecule has 3 amide bonds. The van der Waals surface area contributed by atoms with E-state index in [2.05, 4.69) is 15.2 Å². The van der Waals surface area contributed by atoms with Gasteiger partial charge in [-0.05, 0) is 43.1 Å². The molecule has 2 N–H and O–H groups in total. The van der Waals surface area contributed by atoms with Crippen LogP contribution in [0.2, 0.25) is 0 Å². The number of amides is 3. The van der Waals surface area contributed by atoms with Crippen molar-refractivity contribution in [3.63, 3.8) is 0 Å². The summed E-state index contributed by atoms with van der Waals surface area (Å²) in [7, 11) is 0. The van der Waals surface area contributed by atoms with Crippen LogP contribution in [0.25, 0.3) is 0 Å². The molecule has 4 aromatic rings. The average molecular weight is 695 g/mol. The molecule has 12 heteroatoms. The third-order valence-corrected chi connectivity index (χ3v) is 9.11. The Morgan fingerprint density at radius 2 is 1.55 bits per heavy atom. The molecule has 2 saturated heterocycles. The highest BCUT2D eigenvalue weighted by atomic mass is 19.1. The molecular formula is C39H36F2N4O6. The van der Waals surface area contributed by atoms with Crippen LogP contribution in [0.5, 0.6) is 0 Å². The second-order valence-electron chi connectivity index (χ2n) is 12.4. The van der Waals surface area contributed by atoms with Crippen LogP contribution in [0, 0.1) is 11.6 Å². The molecule has 2 aliphatic rings. The first-order chi connectivity index (χ1) is 24.7. The molecule has 4 aromatic carbocycles. The minimum atomic E-state index is -1.91. The summed E-state index contributed by atoms with van der Waals surface area (Å²) in [5.74, 6) is -6.47. The number of carbonyl (C=O) groups excluding carboxylic acids is 3. The Labute approximate surface area is 293 Å². The van der Waals surface area contributed by atoms with E-state index in [1.54, 1.807) is 54.6 Å². The lowest BCUT2D eigenvalue weighted by molar-refractivity contribution is -0.139. The van der Waals surface area contributed by atoms with E-state index in [1.807, 2.05) is 30.3 Å². The Hall–Kier alpha value is -5.75. The maximum atomic E-state index is 15.4. The summed E-state index contributed by atoms with van der Waals surface area (Å²) in [6.07, 6.45) is -0.198. The van der Waals surface area contributed by atoms with Crippen molar-refractivity contribution in [1.82, 2.24) is 9.80 Å². The van der Waals surface area contributed by atoms with E-state index in [0.717, 1.165) is 41.6 Å². The minimum absolute atomic E-state index is 0.0602. The molecule has 2 fully saturated rings. The van der Waals surface area contributed by atoms with Gasteiger partial charge >= 0.3 is 12.1 Å². The van der Waals surface area contributed by atoms with Crippen molar-refractivity contribution < 1.29 is 37.8 Å². The fourth-order valence-electron chi connectivity index (χ4n) is 6.65. The van der Waals surface area contributed by atoms with E-state index in [4.69, 9.17) is 4.74 Å². The SMILES string of the molecule is O=C(O)[C@H](N=C(c1ccccc1)c1ccccc1NC(=O)[C@@H]1CCCN1Cc1ccccc1)[C@@H](CC(=O)N1CCOC1=O)c1c(F)cccc1F. The third-order valence-electron chi connectivity index (χ3n) is 9.11. The zero-order valence-electron chi connectivity index (χ0n) is 27.6. The summed E-state index contributed by atoms with van der Waals surface area (Å²) >= 11 is 0. The van der Waals surface area contributed by atoms with Gasteiger partial charge in [0.1, 0.15) is 18.2 Å². The first-order valence-corrected chi connectivity index (χ1v) is 16.7. The number of carboxylic acids is 1. The predicted octanol–water partition coefficient (Wildman–Crippen LogP) is 6.01. The van der Waals surface area contributed by atoms with Gasteiger partial charge in [-0.1, -0.05) is 84.9 Å². The number of hydrogen-bond acceptors (Lipinski definition) is 7. The van der Waals surface area contributed by atoms with Gasteiger partial charge in [-0.15, -0.1) is 0 Å². The zero-order chi connectivity index (χ0) is 35.9. The van der Waals surface area contributed by atoms with Crippen LogP contribution >= 0.6 is 0 Å². The number of ether oxygens (including phenoxy) is 1. The fourth-order valence-corrected chi connectivity index (χ4v) is 6.65. The smallest absolute Gasteiger partial charge is 0.416 e. The second-order valence-corrected chi connectivity index (χ2v) is 12.4. The molecule has 2 aliphatic heterocycles. The van der Waals surface area contributed by atoms with Crippen molar-refractivity contribution in [3.8, 4) is 0 Å². The number of rotatable bonds is 12. The molecule has 0 aliphatic carbocycles. The lowest BCUT2D eigenvalue weighted by Crippen LogP contribution is -2.39. The zero-order valence-corrected chi connectivity index (χ0v) is 27.6. The van der Waals surface area contributed by atoms with Gasteiger partial charge in [0, 0.05) is 35.6 Å². The number of nitrogens with zero attached hydrogens (tertiary/aromatic N) is 3. The summed E-state index contributed by atoms with van der Waals surface area (Å²) in [5, 5.41) is 13.7. The van der Waals surface area contributed by atoms with E-state index in [-0.39, 0.29) is 24.8 Å². The maximum absolute atomic E-state index is 15.4. The quantitative estimate of drug-likeness (QED) is 0.174. The second kappa shape index (κ2) is 15.9. The summed E-state index contributed by atoms with van der Waals surface area (Å²) in [5.41, 5.74) is 1.71. The van der Waals surface area contributed by atoms with E-state index < -0.39 is 59.6 Å². The number of nitrogens with one attached hydrogen (secondary N) is 1. The van der Waals surface area contributed by atoms with Crippen LogP contribution in [-0.2, 0) is 25.7 Å². The van der Waals surface area contributed by atoms with Crippen LogP contribution in [-0.4, -0.2) is 76.3 Å². The number of halogens is 2. The van der Waals surface area contributed by atoms with Gasteiger partial charge in [0.25, 0.3) is 0 Å². The van der Waals surface area contributed by atoms with E-state index in [0.29, 0.717) is 29.8 Å². The van der Waals surface area contributed by atoms with Crippen molar-refractivity contribution in [2.45, 2.75) is 43.8 Å². The topological polar surface area (TPSA) is 129 Å². The number of para-hydroxylation sites is 1. The lowest BCUT2D eigenvalue weighted by Gasteiger charge is -2.26. The van der Waals surface area contributed by atoms with Crippen molar-refractivity contribution in [2.24, 2.45) is 4.99 Å². The maximum Gasteiger partial charge on any atom is 0.416 e. The monoisotopic (exact) mass is 694 g/mol. The number of aliphatic imine (C=N–C) groups is 1. The molecule has 10 nitrogen and oxygen atoms in total. The highest BCUT2D eigenvalue weighted by Gasteiger charge is 2.39. The molecule has 262 valence electrons. The van der Waals surface area contributed by atoms with Gasteiger partial charge in [0.2, 0.25) is 11.8 Å². The molecule has 51 heavy (non-hydrogen) atoms. The van der Waals surface area contributed by atoms with Crippen LogP contribution < -0.4 is 5.32 Å². The third kappa shape index (κ3) is 8.02. The molecule has 0 radical (unpaired) electrons. The Morgan fingerprint density at radius 3 is 2.22 bits per heavy atom. The van der Waals surface area contributed by atoms with Crippen molar-refractivity contribution >= 4 is 35.3 Å². The van der Waals surface area contributed by atoms with E-state index in [9.17, 15) is 24.3 Å². The van der Waals surface area contributed by atoms with Crippen molar-refractivity contribution in [1.29, 1.82) is 0 Å². The lowest BCUT2D eigenvalue weighted by atomic mass is 9.86. The number of carbonyl (C=O) groups is 4. The molecule has 0 spiro atoms.